The number of esters is 1. The first-order valence-corrected chi connectivity index (χ1v) is 8.41. The van der Waals surface area contributed by atoms with E-state index in [1.165, 1.54) is 31.4 Å². The summed E-state index contributed by atoms with van der Waals surface area (Å²) in [6.07, 6.45) is -4.74. The van der Waals surface area contributed by atoms with Crippen LogP contribution in [0.5, 0.6) is 5.75 Å². The monoisotopic (exact) mass is 403 g/mol. The van der Waals surface area contributed by atoms with Crippen molar-refractivity contribution in [1.82, 2.24) is 9.97 Å². The molecule has 0 aliphatic carbocycles. The number of alkyl halides is 3. The Balaban J connectivity index is 1.80. The average molecular weight is 403 g/mol. The second-order valence-corrected chi connectivity index (χ2v) is 5.98. The number of aromatic nitrogens is 2. The van der Waals surface area contributed by atoms with Crippen molar-refractivity contribution in [2.45, 2.75) is 13.3 Å². The van der Waals surface area contributed by atoms with Gasteiger partial charge < -0.3 is 14.8 Å². The number of halogens is 3. The molecule has 0 saturated carbocycles. The van der Waals surface area contributed by atoms with Crippen LogP contribution in [0.2, 0.25) is 0 Å². The van der Waals surface area contributed by atoms with E-state index < -0.39 is 12.3 Å². The van der Waals surface area contributed by atoms with Crippen LogP contribution < -0.4 is 10.1 Å². The molecule has 9 heteroatoms. The first-order valence-electron chi connectivity index (χ1n) is 8.41. The van der Waals surface area contributed by atoms with Crippen molar-refractivity contribution < 1.29 is 27.4 Å². The van der Waals surface area contributed by atoms with Gasteiger partial charge in [-0.15, -0.1) is 13.2 Å². The third kappa shape index (κ3) is 5.44. The number of hydrogen-bond acceptors (Lipinski definition) is 6. The van der Waals surface area contributed by atoms with Crippen molar-refractivity contribution in [3.05, 3.63) is 65.9 Å². The smallest absolute Gasteiger partial charge is 0.465 e. The second-order valence-electron chi connectivity index (χ2n) is 5.98. The van der Waals surface area contributed by atoms with E-state index in [4.69, 9.17) is 0 Å². The number of aryl methyl sites for hydroxylation is 1. The van der Waals surface area contributed by atoms with Crippen LogP contribution >= 0.6 is 0 Å². The standard InChI is InChI=1S/C20H16F3N3O3/c1-12-11-17(13-5-9-16(10-6-13)29-20(21,22)23)26-19(24-12)25-15-7-3-14(4-8-15)18(27)28-2/h3-11H,1-2H3,(H,24,25,26). The molecule has 0 radical (unpaired) electrons. The number of nitrogens with one attached hydrogen (secondary N) is 1. The maximum atomic E-state index is 12.3. The number of anilines is 2. The van der Waals surface area contributed by atoms with E-state index in [1.807, 2.05) is 0 Å². The van der Waals surface area contributed by atoms with E-state index in [2.05, 4.69) is 24.8 Å². The van der Waals surface area contributed by atoms with Crippen LogP contribution in [0.15, 0.2) is 54.6 Å². The highest BCUT2D eigenvalue weighted by atomic mass is 19.4. The lowest BCUT2D eigenvalue weighted by Gasteiger charge is -2.11. The molecule has 0 aliphatic rings. The van der Waals surface area contributed by atoms with Crippen LogP contribution in [0.25, 0.3) is 11.3 Å². The summed E-state index contributed by atoms with van der Waals surface area (Å²) in [7, 11) is 1.30. The molecule has 0 spiro atoms. The first-order chi connectivity index (χ1) is 13.7. The fraction of sp³-hybridized carbons (Fsp3) is 0.150. The molecule has 0 fully saturated rings. The Morgan fingerprint density at radius 3 is 2.24 bits per heavy atom. The van der Waals surface area contributed by atoms with Crippen LogP contribution in [-0.4, -0.2) is 29.4 Å². The normalized spacial score (nSPS) is 11.1. The van der Waals surface area contributed by atoms with Crippen LogP contribution in [0, 0.1) is 6.92 Å². The Morgan fingerprint density at radius 1 is 1.00 bits per heavy atom. The summed E-state index contributed by atoms with van der Waals surface area (Å²) in [6, 6.07) is 13.7. The summed E-state index contributed by atoms with van der Waals surface area (Å²) in [5.74, 6) is -0.443. The van der Waals surface area contributed by atoms with Crippen molar-refractivity contribution in [2.24, 2.45) is 0 Å². The van der Waals surface area contributed by atoms with Gasteiger partial charge in [0, 0.05) is 16.9 Å². The molecule has 3 aromatic rings. The number of nitrogens with zero attached hydrogens (tertiary/aromatic N) is 2. The SMILES string of the molecule is COC(=O)c1ccc(Nc2nc(C)cc(-c3ccc(OC(F)(F)F)cc3)n2)cc1. The van der Waals surface area contributed by atoms with Gasteiger partial charge in [0.1, 0.15) is 5.75 Å². The summed E-state index contributed by atoms with van der Waals surface area (Å²) in [5.41, 5.74) is 2.87. The van der Waals surface area contributed by atoms with Crippen LogP contribution in [0.4, 0.5) is 24.8 Å². The Labute approximate surface area is 164 Å². The first kappa shape index (κ1) is 20.1. The van der Waals surface area contributed by atoms with E-state index in [1.54, 1.807) is 37.3 Å². The maximum Gasteiger partial charge on any atom is 0.573 e. The third-order valence-electron chi connectivity index (χ3n) is 3.80. The lowest BCUT2D eigenvalue weighted by atomic mass is 10.1. The quantitative estimate of drug-likeness (QED) is 0.612. The molecule has 0 unspecified atom stereocenters. The highest BCUT2D eigenvalue weighted by Gasteiger charge is 2.31. The van der Waals surface area contributed by atoms with Gasteiger partial charge >= 0.3 is 12.3 Å². The summed E-state index contributed by atoms with van der Waals surface area (Å²) >= 11 is 0. The molecule has 0 bridgehead atoms. The van der Waals surface area contributed by atoms with E-state index in [9.17, 15) is 18.0 Å². The largest absolute Gasteiger partial charge is 0.573 e. The molecule has 150 valence electrons. The molecule has 6 nitrogen and oxygen atoms in total. The zero-order valence-electron chi connectivity index (χ0n) is 15.4. The predicted octanol–water partition coefficient (Wildman–Crippen LogP) is 4.88. The van der Waals surface area contributed by atoms with Crippen molar-refractivity contribution in [1.29, 1.82) is 0 Å². The van der Waals surface area contributed by atoms with Crippen LogP contribution in [-0.2, 0) is 4.74 Å². The molecule has 29 heavy (non-hydrogen) atoms. The van der Waals surface area contributed by atoms with Gasteiger partial charge in [-0.05, 0) is 61.5 Å². The maximum absolute atomic E-state index is 12.3. The Hall–Kier alpha value is -3.62. The van der Waals surface area contributed by atoms with Gasteiger partial charge in [-0.1, -0.05) is 0 Å². The Bertz CT molecular complexity index is 1000. The predicted molar refractivity (Wildman–Crippen MR) is 100.0 cm³/mol. The highest BCUT2D eigenvalue weighted by molar-refractivity contribution is 5.89. The van der Waals surface area contributed by atoms with Crippen LogP contribution in [0.1, 0.15) is 16.1 Å². The molecule has 0 saturated heterocycles. The number of methoxy groups -OCH3 is 1. The molecule has 1 heterocycles. The third-order valence-corrected chi connectivity index (χ3v) is 3.80. The zero-order chi connectivity index (χ0) is 21.0. The minimum absolute atomic E-state index is 0.307. The zero-order valence-corrected chi connectivity index (χ0v) is 15.4. The summed E-state index contributed by atoms with van der Waals surface area (Å²) < 4.78 is 45.4. The van der Waals surface area contributed by atoms with Crippen molar-refractivity contribution >= 4 is 17.6 Å². The Kier molecular flexibility index (Phi) is 5.67. The van der Waals surface area contributed by atoms with E-state index in [0.717, 1.165) is 0 Å². The van der Waals surface area contributed by atoms with Gasteiger partial charge in [-0.2, -0.15) is 0 Å². The minimum atomic E-state index is -4.74. The number of hydrogen-bond donors (Lipinski definition) is 1. The lowest BCUT2D eigenvalue weighted by molar-refractivity contribution is -0.274. The second kappa shape index (κ2) is 8.17. The molecule has 0 aliphatic heterocycles. The molecule has 2 aromatic carbocycles. The number of benzene rings is 2. The fourth-order valence-corrected chi connectivity index (χ4v) is 2.54. The van der Waals surface area contributed by atoms with Crippen molar-refractivity contribution in [3.8, 4) is 17.0 Å². The molecule has 1 aromatic heterocycles. The summed E-state index contributed by atoms with van der Waals surface area (Å²) in [6.45, 7) is 1.78. The minimum Gasteiger partial charge on any atom is -0.465 e. The number of carbonyl (C=O) groups excluding carboxylic acids is 1. The van der Waals surface area contributed by atoms with E-state index in [-0.39, 0.29) is 5.75 Å². The fourth-order valence-electron chi connectivity index (χ4n) is 2.54. The lowest BCUT2D eigenvalue weighted by Crippen LogP contribution is -2.16. The van der Waals surface area contributed by atoms with Gasteiger partial charge in [-0.25, -0.2) is 14.8 Å². The molecule has 1 N–H and O–H groups in total. The summed E-state index contributed by atoms with van der Waals surface area (Å²) in [4.78, 5) is 20.2. The molecule has 0 amide bonds. The molecular weight excluding hydrogens is 387 g/mol. The number of carbonyl (C=O) groups is 1. The van der Waals surface area contributed by atoms with Crippen LogP contribution in [0.3, 0.4) is 0 Å². The van der Waals surface area contributed by atoms with Crippen molar-refractivity contribution in [2.75, 3.05) is 12.4 Å². The van der Waals surface area contributed by atoms with Crippen molar-refractivity contribution in [3.63, 3.8) is 0 Å². The molecular formula is C20H16F3N3O3. The Morgan fingerprint density at radius 2 is 1.66 bits per heavy atom. The topological polar surface area (TPSA) is 73.3 Å². The highest BCUT2D eigenvalue weighted by Crippen LogP contribution is 2.27. The van der Waals surface area contributed by atoms with Gasteiger partial charge in [-0.3, -0.25) is 0 Å². The van der Waals surface area contributed by atoms with E-state index in [0.29, 0.717) is 34.2 Å². The average Bonchev–Trinajstić information content (AvgIpc) is 2.67. The van der Waals surface area contributed by atoms with Gasteiger partial charge in [0.05, 0.1) is 18.4 Å². The van der Waals surface area contributed by atoms with E-state index >= 15 is 0 Å². The van der Waals surface area contributed by atoms with Gasteiger partial charge in [0.15, 0.2) is 0 Å². The number of rotatable bonds is 5. The van der Waals surface area contributed by atoms with Gasteiger partial charge in [0.25, 0.3) is 0 Å². The number of ether oxygens (including phenoxy) is 2. The van der Waals surface area contributed by atoms with Gasteiger partial charge in [0.2, 0.25) is 5.95 Å². The summed E-state index contributed by atoms with van der Waals surface area (Å²) in [5, 5.41) is 3.03. The molecule has 0 atom stereocenters. The molecule has 3 rings (SSSR count).